The Hall–Kier alpha value is -2.30. The fourth-order valence-corrected chi connectivity index (χ4v) is 3.87. The topological polar surface area (TPSA) is 20.2 Å². The molecule has 0 saturated heterocycles. The van der Waals surface area contributed by atoms with Gasteiger partial charge in [0.15, 0.2) is 5.11 Å². The van der Waals surface area contributed by atoms with E-state index in [2.05, 4.69) is 57.4 Å². The van der Waals surface area contributed by atoms with Gasteiger partial charge in [0.05, 0.1) is 6.04 Å². The maximum Gasteiger partial charge on any atom is 0.170 e. The number of fused-ring (bicyclic) bond motifs is 1. The average molecular weight is 382 g/mol. The third-order valence-corrected chi connectivity index (χ3v) is 5.40. The monoisotopic (exact) mass is 381 g/mol. The first-order valence-electron chi connectivity index (χ1n) is 8.71. The largest absolute Gasteiger partial charge is 0.358 e. The zero-order valence-electron chi connectivity index (χ0n) is 14.3. The predicted octanol–water partition coefficient (Wildman–Crippen LogP) is 4.62. The van der Waals surface area contributed by atoms with Crippen LogP contribution in [0.4, 0.5) is 0 Å². The second-order valence-corrected chi connectivity index (χ2v) is 7.24. The summed E-state index contributed by atoms with van der Waals surface area (Å²) in [5, 5.41) is 4.95. The van der Waals surface area contributed by atoms with E-state index in [9.17, 15) is 0 Å². The predicted molar refractivity (Wildman–Crippen MR) is 110 cm³/mol. The summed E-state index contributed by atoms with van der Waals surface area (Å²) >= 11 is 11.8. The van der Waals surface area contributed by atoms with Crippen molar-refractivity contribution in [2.45, 2.75) is 19.1 Å². The summed E-state index contributed by atoms with van der Waals surface area (Å²) < 4.78 is 2.30. The van der Waals surface area contributed by atoms with Crippen LogP contribution in [0.15, 0.2) is 72.9 Å². The van der Waals surface area contributed by atoms with Gasteiger partial charge in [-0.2, -0.15) is 0 Å². The van der Waals surface area contributed by atoms with Crippen LogP contribution in [0.1, 0.15) is 22.9 Å². The molecule has 0 spiro atoms. The third-order valence-electron chi connectivity index (χ3n) is 4.77. The number of halogens is 1. The molecule has 1 aliphatic heterocycles. The van der Waals surface area contributed by atoms with Crippen molar-refractivity contribution in [3.63, 3.8) is 0 Å². The highest BCUT2D eigenvalue weighted by Gasteiger charge is 2.30. The molecule has 2 aromatic carbocycles. The quantitative estimate of drug-likeness (QED) is 0.668. The molecule has 2 heterocycles. The van der Waals surface area contributed by atoms with Crippen molar-refractivity contribution in [2.75, 3.05) is 6.54 Å². The van der Waals surface area contributed by atoms with Gasteiger partial charge in [-0.25, -0.2) is 0 Å². The summed E-state index contributed by atoms with van der Waals surface area (Å²) in [5.74, 6) is 0. The van der Waals surface area contributed by atoms with E-state index in [1.165, 1.54) is 16.8 Å². The number of hydrogen-bond acceptors (Lipinski definition) is 1. The number of aromatic nitrogens is 1. The van der Waals surface area contributed by atoms with Gasteiger partial charge in [0.1, 0.15) is 0 Å². The van der Waals surface area contributed by atoms with Crippen molar-refractivity contribution in [1.29, 1.82) is 0 Å². The van der Waals surface area contributed by atoms with Gasteiger partial charge in [-0.05, 0) is 47.6 Å². The smallest absolute Gasteiger partial charge is 0.170 e. The second-order valence-electron chi connectivity index (χ2n) is 6.42. The molecule has 1 N–H and O–H groups in total. The first-order valence-corrected chi connectivity index (χ1v) is 9.50. The Balaban J connectivity index is 1.59. The van der Waals surface area contributed by atoms with Crippen LogP contribution in [0.2, 0.25) is 5.02 Å². The Morgan fingerprint density at radius 3 is 2.54 bits per heavy atom. The van der Waals surface area contributed by atoms with Crippen molar-refractivity contribution in [3.8, 4) is 0 Å². The number of nitrogens with one attached hydrogen (secondary N) is 1. The lowest BCUT2D eigenvalue weighted by atomic mass is 10.0. The molecule has 0 radical (unpaired) electrons. The van der Waals surface area contributed by atoms with Crippen molar-refractivity contribution in [3.05, 3.63) is 94.8 Å². The summed E-state index contributed by atoms with van der Waals surface area (Å²) in [4.78, 5) is 2.27. The van der Waals surface area contributed by atoms with Gasteiger partial charge in [0.25, 0.3) is 0 Å². The molecule has 0 saturated carbocycles. The van der Waals surface area contributed by atoms with Crippen LogP contribution in [-0.2, 0) is 13.1 Å². The van der Waals surface area contributed by atoms with Gasteiger partial charge >= 0.3 is 0 Å². The van der Waals surface area contributed by atoms with Gasteiger partial charge in [-0.3, -0.25) is 0 Å². The zero-order chi connectivity index (χ0) is 17.9. The molecule has 0 aliphatic carbocycles. The van der Waals surface area contributed by atoms with Crippen molar-refractivity contribution in [2.24, 2.45) is 0 Å². The molecule has 132 valence electrons. The maximum atomic E-state index is 6.09. The Bertz CT molecular complexity index is 889. The molecule has 0 bridgehead atoms. The summed E-state index contributed by atoms with van der Waals surface area (Å²) in [5.41, 5.74) is 3.67. The molecule has 4 rings (SSSR count). The fraction of sp³-hybridized carbons (Fsp3) is 0.190. The van der Waals surface area contributed by atoms with Gasteiger partial charge in [0.2, 0.25) is 0 Å². The van der Waals surface area contributed by atoms with Gasteiger partial charge < -0.3 is 14.8 Å². The molecular weight excluding hydrogens is 362 g/mol. The Morgan fingerprint density at radius 2 is 1.77 bits per heavy atom. The lowest BCUT2D eigenvalue weighted by molar-refractivity contribution is 0.286. The molecule has 0 fully saturated rings. The van der Waals surface area contributed by atoms with Gasteiger partial charge in [-0.15, -0.1) is 0 Å². The van der Waals surface area contributed by atoms with Crippen molar-refractivity contribution >= 4 is 28.9 Å². The van der Waals surface area contributed by atoms with E-state index in [4.69, 9.17) is 23.8 Å². The normalized spacial score (nSPS) is 16.2. The zero-order valence-corrected chi connectivity index (χ0v) is 15.9. The standard InChI is InChI=1S/C21H20ClN3S/c22-18-10-8-17(9-11-18)20-19-7-4-12-24(19)13-14-25(20)21(26)23-15-16-5-2-1-3-6-16/h1-12,20H,13-15H2,(H,23,26)/t20-/m0/s1. The summed E-state index contributed by atoms with van der Waals surface area (Å²) in [6, 6.07) is 22.7. The van der Waals surface area contributed by atoms with Crippen LogP contribution in [0.5, 0.6) is 0 Å². The van der Waals surface area contributed by atoms with Crippen molar-refractivity contribution < 1.29 is 0 Å². The molecule has 1 aromatic heterocycles. The SMILES string of the molecule is S=C(NCc1ccccc1)N1CCn2cccc2[C@@H]1c1ccc(Cl)cc1. The second kappa shape index (κ2) is 7.52. The van der Waals surface area contributed by atoms with E-state index in [-0.39, 0.29) is 6.04 Å². The molecule has 0 unspecified atom stereocenters. The lowest BCUT2D eigenvalue weighted by Crippen LogP contribution is -2.46. The highest BCUT2D eigenvalue weighted by atomic mass is 35.5. The molecule has 3 aromatic rings. The summed E-state index contributed by atoms with van der Waals surface area (Å²) in [6.45, 7) is 2.53. The van der Waals surface area contributed by atoms with Gasteiger partial charge in [0, 0.05) is 36.5 Å². The number of rotatable bonds is 3. The first-order chi connectivity index (χ1) is 12.7. The van der Waals surface area contributed by atoms with E-state index in [0.29, 0.717) is 0 Å². The molecule has 3 nitrogen and oxygen atoms in total. The van der Waals surface area contributed by atoms with Crippen LogP contribution in [0.25, 0.3) is 0 Å². The van der Waals surface area contributed by atoms with Gasteiger partial charge in [-0.1, -0.05) is 54.1 Å². The molecule has 26 heavy (non-hydrogen) atoms. The minimum atomic E-state index is 0.0896. The number of benzene rings is 2. The lowest BCUT2D eigenvalue weighted by Gasteiger charge is -2.39. The van der Waals surface area contributed by atoms with Crippen LogP contribution >= 0.6 is 23.8 Å². The third kappa shape index (κ3) is 3.48. The van der Waals surface area contributed by atoms with E-state index >= 15 is 0 Å². The van der Waals surface area contributed by atoms with E-state index in [1.807, 2.05) is 30.3 Å². The Kier molecular flexibility index (Phi) is 4.96. The van der Waals surface area contributed by atoms with E-state index < -0.39 is 0 Å². The van der Waals surface area contributed by atoms with E-state index in [0.717, 1.165) is 29.8 Å². The molecule has 5 heteroatoms. The first kappa shape index (κ1) is 17.1. The summed E-state index contributed by atoms with van der Waals surface area (Å²) in [6.07, 6.45) is 2.13. The van der Waals surface area contributed by atoms with Crippen LogP contribution in [0.3, 0.4) is 0 Å². The molecule has 0 amide bonds. The number of thiocarbonyl (C=S) groups is 1. The maximum absolute atomic E-state index is 6.09. The number of nitrogens with zero attached hydrogens (tertiary/aromatic N) is 2. The molecule has 1 aliphatic rings. The van der Waals surface area contributed by atoms with E-state index in [1.54, 1.807) is 0 Å². The minimum absolute atomic E-state index is 0.0896. The fourth-order valence-electron chi connectivity index (χ4n) is 3.47. The molecule has 1 atom stereocenters. The summed E-state index contributed by atoms with van der Waals surface area (Å²) in [7, 11) is 0. The number of hydrogen-bond donors (Lipinski definition) is 1. The highest BCUT2D eigenvalue weighted by molar-refractivity contribution is 7.80. The van der Waals surface area contributed by atoms with Crippen molar-refractivity contribution in [1.82, 2.24) is 14.8 Å². The van der Waals surface area contributed by atoms with Crippen LogP contribution in [-0.4, -0.2) is 21.1 Å². The average Bonchev–Trinajstić information content (AvgIpc) is 3.16. The highest BCUT2D eigenvalue weighted by Crippen LogP contribution is 2.33. The Labute approximate surface area is 164 Å². The minimum Gasteiger partial charge on any atom is -0.358 e. The Morgan fingerprint density at radius 1 is 1.00 bits per heavy atom. The van der Waals surface area contributed by atoms with Crippen LogP contribution in [0, 0.1) is 0 Å². The molecular formula is C21H20ClN3S. The van der Waals surface area contributed by atoms with Crippen LogP contribution < -0.4 is 5.32 Å².